The number of nitrogens with one attached hydrogen (secondary N) is 1. The van der Waals surface area contributed by atoms with Crippen molar-refractivity contribution in [2.24, 2.45) is 0 Å². The zero-order valence-corrected chi connectivity index (χ0v) is 10.6. The van der Waals surface area contributed by atoms with Crippen LogP contribution in [0, 0.1) is 0 Å². The highest BCUT2D eigenvalue weighted by molar-refractivity contribution is 6.29. The third kappa shape index (κ3) is 1.85. The van der Waals surface area contributed by atoms with Crippen LogP contribution in [0.15, 0.2) is 6.07 Å². The molecule has 17 heavy (non-hydrogen) atoms. The lowest BCUT2D eigenvalue weighted by atomic mass is 9.98. The number of fused-ring (bicyclic) bond motifs is 2. The minimum atomic E-state index is -0.0823. The smallest absolute Gasteiger partial charge is 0.239 e. The van der Waals surface area contributed by atoms with Crippen molar-refractivity contribution in [3.8, 4) is 0 Å². The van der Waals surface area contributed by atoms with E-state index >= 15 is 0 Å². The van der Waals surface area contributed by atoms with Gasteiger partial charge in [0.2, 0.25) is 5.91 Å². The van der Waals surface area contributed by atoms with Gasteiger partial charge in [0.05, 0.1) is 0 Å². The van der Waals surface area contributed by atoms with Crippen molar-refractivity contribution in [1.29, 1.82) is 0 Å². The first-order valence-corrected chi connectivity index (χ1v) is 6.85. The SMILES string of the molecule is O=C(CCl)Nc1c2c(cc3c1CCC3)CCC2. The molecule has 3 heteroatoms. The van der Waals surface area contributed by atoms with Gasteiger partial charge in [-0.2, -0.15) is 0 Å². The first-order chi connectivity index (χ1) is 8.29. The maximum Gasteiger partial charge on any atom is 0.239 e. The second kappa shape index (κ2) is 4.34. The van der Waals surface area contributed by atoms with E-state index in [0.29, 0.717) is 0 Å². The van der Waals surface area contributed by atoms with Crippen LogP contribution in [0.25, 0.3) is 0 Å². The highest BCUT2D eigenvalue weighted by Crippen LogP contribution is 2.38. The molecular weight excluding hydrogens is 234 g/mol. The Morgan fingerprint density at radius 2 is 1.71 bits per heavy atom. The van der Waals surface area contributed by atoms with Crippen molar-refractivity contribution >= 4 is 23.2 Å². The molecule has 0 aliphatic heterocycles. The van der Waals surface area contributed by atoms with Gasteiger partial charge in [-0.05, 0) is 60.8 Å². The minimum Gasteiger partial charge on any atom is -0.325 e. The lowest BCUT2D eigenvalue weighted by molar-refractivity contribution is -0.113. The molecule has 1 aromatic carbocycles. The number of amides is 1. The molecule has 2 aliphatic rings. The third-order valence-electron chi connectivity index (χ3n) is 3.86. The molecule has 0 aromatic heterocycles. The molecule has 2 aliphatic carbocycles. The van der Waals surface area contributed by atoms with E-state index in [1.807, 2.05) is 0 Å². The zero-order valence-electron chi connectivity index (χ0n) is 9.81. The first-order valence-electron chi connectivity index (χ1n) is 6.32. The third-order valence-corrected chi connectivity index (χ3v) is 4.10. The molecule has 0 fully saturated rings. The van der Waals surface area contributed by atoms with Crippen molar-refractivity contribution in [3.63, 3.8) is 0 Å². The highest BCUT2D eigenvalue weighted by atomic mass is 35.5. The quantitative estimate of drug-likeness (QED) is 0.803. The Hall–Kier alpha value is -1.02. The van der Waals surface area contributed by atoms with Crippen LogP contribution in [0.5, 0.6) is 0 Å². The van der Waals surface area contributed by atoms with Gasteiger partial charge in [-0.25, -0.2) is 0 Å². The zero-order chi connectivity index (χ0) is 11.8. The van der Waals surface area contributed by atoms with E-state index < -0.39 is 0 Å². The Morgan fingerprint density at radius 1 is 1.12 bits per heavy atom. The van der Waals surface area contributed by atoms with E-state index in [1.165, 1.54) is 35.1 Å². The van der Waals surface area contributed by atoms with Gasteiger partial charge in [0.25, 0.3) is 0 Å². The summed E-state index contributed by atoms with van der Waals surface area (Å²) >= 11 is 5.59. The van der Waals surface area contributed by atoms with E-state index in [0.717, 1.165) is 31.4 Å². The lowest BCUT2D eigenvalue weighted by Crippen LogP contribution is -2.16. The number of halogens is 1. The maximum absolute atomic E-state index is 11.5. The Kier molecular flexibility index (Phi) is 2.83. The van der Waals surface area contributed by atoms with Crippen molar-refractivity contribution < 1.29 is 4.79 Å². The van der Waals surface area contributed by atoms with Crippen LogP contribution in [0.3, 0.4) is 0 Å². The number of anilines is 1. The number of alkyl halides is 1. The second-order valence-corrected chi connectivity index (χ2v) is 5.18. The largest absolute Gasteiger partial charge is 0.325 e. The standard InChI is InChI=1S/C14H16ClNO/c15-8-13(17)16-14-11-5-1-3-9(11)7-10-4-2-6-12(10)14/h7H,1-6,8H2,(H,16,17). The summed E-state index contributed by atoms with van der Waals surface area (Å²) in [6.07, 6.45) is 6.93. The Bertz CT molecular complexity index is 449. The van der Waals surface area contributed by atoms with Gasteiger partial charge in [-0.1, -0.05) is 6.07 Å². The number of rotatable bonds is 2. The summed E-state index contributed by atoms with van der Waals surface area (Å²) in [6, 6.07) is 2.36. The fourth-order valence-corrected chi connectivity index (χ4v) is 3.21. The molecule has 1 N–H and O–H groups in total. The summed E-state index contributed by atoms with van der Waals surface area (Å²) in [4.78, 5) is 11.5. The maximum atomic E-state index is 11.5. The summed E-state index contributed by atoms with van der Waals surface area (Å²) in [5.41, 5.74) is 6.71. The van der Waals surface area contributed by atoms with Gasteiger partial charge in [-0.3, -0.25) is 4.79 Å². The van der Waals surface area contributed by atoms with Crippen molar-refractivity contribution in [2.45, 2.75) is 38.5 Å². The molecule has 0 bridgehead atoms. The fraction of sp³-hybridized carbons (Fsp3) is 0.500. The topological polar surface area (TPSA) is 29.1 Å². The number of benzene rings is 1. The molecule has 3 rings (SSSR count). The molecule has 1 amide bonds. The van der Waals surface area contributed by atoms with Crippen LogP contribution < -0.4 is 5.32 Å². The molecule has 0 saturated heterocycles. The lowest BCUT2D eigenvalue weighted by Gasteiger charge is -2.15. The molecule has 0 unspecified atom stereocenters. The Morgan fingerprint density at radius 3 is 2.24 bits per heavy atom. The number of hydrogen-bond donors (Lipinski definition) is 1. The van der Waals surface area contributed by atoms with E-state index in [2.05, 4.69) is 11.4 Å². The van der Waals surface area contributed by atoms with Crippen LogP contribution in [0.1, 0.15) is 35.1 Å². The molecule has 1 aromatic rings. The normalized spacial score (nSPS) is 16.8. The van der Waals surface area contributed by atoms with Crippen LogP contribution in [0.2, 0.25) is 0 Å². The van der Waals surface area contributed by atoms with Crippen LogP contribution in [-0.4, -0.2) is 11.8 Å². The van der Waals surface area contributed by atoms with Gasteiger partial charge in [0, 0.05) is 5.69 Å². The van der Waals surface area contributed by atoms with Crippen LogP contribution >= 0.6 is 11.6 Å². The molecule has 0 radical (unpaired) electrons. The minimum absolute atomic E-state index is 0.0401. The van der Waals surface area contributed by atoms with Gasteiger partial charge in [0.1, 0.15) is 5.88 Å². The molecule has 2 nitrogen and oxygen atoms in total. The number of carbonyl (C=O) groups excluding carboxylic acids is 1. The van der Waals surface area contributed by atoms with Crippen molar-refractivity contribution in [1.82, 2.24) is 0 Å². The molecular formula is C14H16ClNO. The summed E-state index contributed by atoms with van der Waals surface area (Å²) in [7, 11) is 0. The van der Waals surface area contributed by atoms with Gasteiger partial charge < -0.3 is 5.32 Å². The molecule has 0 heterocycles. The van der Waals surface area contributed by atoms with E-state index in [1.54, 1.807) is 0 Å². The molecule has 0 spiro atoms. The number of carbonyl (C=O) groups is 1. The molecule has 0 atom stereocenters. The number of hydrogen-bond acceptors (Lipinski definition) is 1. The van der Waals surface area contributed by atoms with E-state index in [4.69, 9.17) is 11.6 Å². The van der Waals surface area contributed by atoms with Crippen LogP contribution in [-0.2, 0) is 30.5 Å². The second-order valence-electron chi connectivity index (χ2n) is 4.92. The summed E-state index contributed by atoms with van der Waals surface area (Å²) in [5, 5.41) is 3.02. The summed E-state index contributed by atoms with van der Waals surface area (Å²) in [5.74, 6) is -0.0422. The fourth-order valence-electron chi connectivity index (χ4n) is 3.14. The van der Waals surface area contributed by atoms with Gasteiger partial charge in [-0.15, -0.1) is 11.6 Å². The van der Waals surface area contributed by atoms with E-state index in [-0.39, 0.29) is 11.8 Å². The Balaban J connectivity index is 2.08. The first kappa shape index (κ1) is 11.1. The van der Waals surface area contributed by atoms with Gasteiger partial charge >= 0.3 is 0 Å². The number of aryl methyl sites for hydroxylation is 2. The summed E-state index contributed by atoms with van der Waals surface area (Å²) in [6.45, 7) is 0. The van der Waals surface area contributed by atoms with E-state index in [9.17, 15) is 4.79 Å². The summed E-state index contributed by atoms with van der Waals surface area (Å²) < 4.78 is 0. The van der Waals surface area contributed by atoms with Gasteiger partial charge in [0.15, 0.2) is 0 Å². The molecule has 0 saturated carbocycles. The average molecular weight is 250 g/mol. The van der Waals surface area contributed by atoms with Crippen LogP contribution in [0.4, 0.5) is 5.69 Å². The highest BCUT2D eigenvalue weighted by Gasteiger charge is 2.24. The predicted molar refractivity (Wildman–Crippen MR) is 69.8 cm³/mol. The Labute approximate surface area is 106 Å². The average Bonchev–Trinajstić information content (AvgIpc) is 2.96. The van der Waals surface area contributed by atoms with Crippen molar-refractivity contribution in [2.75, 3.05) is 11.2 Å². The van der Waals surface area contributed by atoms with Crippen molar-refractivity contribution in [3.05, 3.63) is 28.3 Å². The predicted octanol–water partition coefficient (Wildman–Crippen LogP) is 2.84. The monoisotopic (exact) mass is 249 g/mol. The molecule has 90 valence electrons.